The van der Waals surface area contributed by atoms with Crippen LogP contribution in [0.2, 0.25) is 0 Å². The van der Waals surface area contributed by atoms with Crippen LogP contribution in [0.5, 0.6) is 0 Å². The molecule has 2 aliphatic carbocycles. The Morgan fingerprint density at radius 3 is 1.56 bits per heavy atom. The molecule has 15 heteroatoms. The number of ether oxygens (including phenoxy) is 4. The molecule has 3 atom stereocenters. The Morgan fingerprint density at radius 2 is 1.23 bits per heavy atom. The van der Waals surface area contributed by atoms with Crippen molar-refractivity contribution < 1.29 is 52.1 Å². The van der Waals surface area contributed by atoms with Crippen molar-refractivity contribution in [3.8, 4) is 0 Å². The Balaban J connectivity index is 2.31. The van der Waals surface area contributed by atoms with Crippen LogP contribution in [0.4, 0.5) is 9.59 Å². The molecule has 3 N–H and O–H groups in total. The van der Waals surface area contributed by atoms with Gasteiger partial charge in [-0.25, -0.2) is 28.0 Å². The highest BCUT2D eigenvalue weighted by Gasteiger charge is 2.40. The molecule has 0 saturated heterocycles. The summed E-state index contributed by atoms with van der Waals surface area (Å²) in [6.07, 6.45) is 3.33. The highest BCUT2D eigenvalue weighted by molar-refractivity contribution is 7.52. The van der Waals surface area contributed by atoms with E-state index in [-0.39, 0.29) is 18.6 Å². The zero-order valence-electron chi connectivity index (χ0n) is 26.3. The summed E-state index contributed by atoms with van der Waals surface area (Å²) in [6.45, 7) is 8.24. The number of hydrogen-bond donors (Lipinski definition) is 2. The number of nitrogens with zero attached hydrogens (tertiary/aromatic N) is 2. The van der Waals surface area contributed by atoms with Crippen LogP contribution in [0.25, 0.3) is 0 Å². The van der Waals surface area contributed by atoms with E-state index in [1.54, 1.807) is 34.6 Å². The van der Waals surface area contributed by atoms with Crippen LogP contribution in [-0.4, -0.2) is 72.1 Å². The number of carbonyl (C=O) groups is 3. The molecular formula is C28H50N3O11P. The Kier molecular flexibility index (Phi) is 15.0. The van der Waals surface area contributed by atoms with E-state index in [0.29, 0.717) is 25.7 Å². The lowest BCUT2D eigenvalue weighted by atomic mass is 9.98. The van der Waals surface area contributed by atoms with Crippen LogP contribution in [0.15, 0.2) is 4.76 Å². The standard InChI is InChI=1S/C28H50N3O11P/c1-7-22(23(32)33)31(6)26(29)30-43(36,41-24(18(2)3)39-27(34)37-20-14-10-8-11-15-20)42-25(19(4)5)40-28(35)38-21-16-12-9-13-17-21/h18-22,24-25H,7-17H2,1-6H3,(H,32,33)(H2,29,30,36). The Morgan fingerprint density at radius 1 is 0.837 bits per heavy atom. The molecule has 2 saturated carbocycles. The predicted molar refractivity (Wildman–Crippen MR) is 157 cm³/mol. The van der Waals surface area contributed by atoms with E-state index < -0.39 is 62.4 Å². The van der Waals surface area contributed by atoms with Gasteiger partial charge in [-0.1, -0.05) is 47.5 Å². The summed E-state index contributed by atoms with van der Waals surface area (Å²) >= 11 is 0. The van der Waals surface area contributed by atoms with Crippen molar-refractivity contribution in [2.75, 3.05) is 7.05 Å². The number of carbonyl (C=O) groups excluding carboxylic acids is 2. The fourth-order valence-corrected chi connectivity index (χ4v) is 6.38. The van der Waals surface area contributed by atoms with Crippen molar-refractivity contribution in [1.82, 2.24) is 4.90 Å². The third-order valence-corrected chi connectivity index (χ3v) is 8.74. The van der Waals surface area contributed by atoms with Gasteiger partial charge in [-0.15, -0.1) is 4.76 Å². The van der Waals surface area contributed by atoms with Crippen LogP contribution >= 0.6 is 7.75 Å². The molecule has 0 aromatic heterocycles. The lowest BCUT2D eigenvalue weighted by Gasteiger charge is -2.30. The van der Waals surface area contributed by atoms with Crippen molar-refractivity contribution in [2.45, 2.75) is 136 Å². The second-order valence-corrected chi connectivity index (χ2v) is 13.3. The summed E-state index contributed by atoms with van der Waals surface area (Å²) in [4.78, 5) is 38.1. The minimum atomic E-state index is -4.76. The number of carboxylic acids is 1. The van der Waals surface area contributed by atoms with Gasteiger partial charge in [0, 0.05) is 18.9 Å². The Bertz CT molecular complexity index is 929. The van der Waals surface area contributed by atoms with Crippen LogP contribution in [0, 0.1) is 11.8 Å². The number of hydrogen-bond acceptors (Lipinski definition) is 10. The largest absolute Gasteiger partial charge is 0.510 e. The molecule has 2 aliphatic rings. The van der Waals surface area contributed by atoms with E-state index in [9.17, 15) is 24.1 Å². The lowest BCUT2D eigenvalue weighted by Crippen LogP contribution is -2.45. The number of guanidine groups is 1. The van der Waals surface area contributed by atoms with Gasteiger partial charge in [0.05, 0.1) is 0 Å². The molecule has 0 amide bonds. The normalized spacial score (nSPS) is 20.5. The van der Waals surface area contributed by atoms with E-state index in [4.69, 9.17) is 33.7 Å². The van der Waals surface area contributed by atoms with E-state index in [1.807, 2.05) is 0 Å². The van der Waals surface area contributed by atoms with Gasteiger partial charge in [0.25, 0.3) is 0 Å². The quantitative estimate of drug-likeness (QED) is 0.0726. The fraction of sp³-hybridized carbons (Fsp3) is 0.857. The summed E-state index contributed by atoms with van der Waals surface area (Å²) in [5, 5.41) is 9.57. The van der Waals surface area contributed by atoms with Crippen molar-refractivity contribution in [2.24, 2.45) is 22.3 Å². The van der Waals surface area contributed by atoms with Crippen molar-refractivity contribution in [1.29, 1.82) is 0 Å². The minimum Gasteiger partial charge on any atom is -0.480 e. The first-order chi connectivity index (χ1) is 20.2. The molecule has 0 bridgehead atoms. The second kappa shape index (κ2) is 17.7. The summed E-state index contributed by atoms with van der Waals surface area (Å²) in [6, 6.07) is -1.09. The maximum Gasteiger partial charge on any atom is 0.510 e. The molecule has 14 nitrogen and oxygen atoms in total. The zero-order chi connectivity index (χ0) is 32.2. The van der Waals surface area contributed by atoms with Crippen molar-refractivity contribution >= 4 is 32.0 Å². The van der Waals surface area contributed by atoms with Gasteiger partial charge in [0.2, 0.25) is 18.5 Å². The first-order valence-electron chi connectivity index (χ1n) is 15.3. The zero-order valence-corrected chi connectivity index (χ0v) is 27.2. The Hall–Kier alpha value is -2.57. The molecule has 0 aromatic rings. The number of nitrogens with two attached hydrogens (primary N) is 1. The van der Waals surface area contributed by atoms with Gasteiger partial charge in [-0.3, -0.25) is 0 Å². The molecule has 2 rings (SSSR count). The predicted octanol–water partition coefficient (Wildman–Crippen LogP) is 6.17. The summed E-state index contributed by atoms with van der Waals surface area (Å²) in [5.74, 6) is -2.76. The number of rotatable bonds is 14. The molecule has 0 heterocycles. The van der Waals surface area contributed by atoms with E-state index in [0.717, 1.165) is 43.4 Å². The molecular weight excluding hydrogens is 585 g/mol. The molecule has 0 radical (unpaired) electrons. The third-order valence-electron chi connectivity index (χ3n) is 7.34. The fourth-order valence-electron chi connectivity index (χ4n) is 4.75. The summed E-state index contributed by atoms with van der Waals surface area (Å²) in [7, 11) is -3.40. The molecule has 2 fully saturated rings. The minimum absolute atomic E-state index is 0.156. The van der Waals surface area contributed by atoms with E-state index in [1.165, 1.54) is 7.05 Å². The summed E-state index contributed by atoms with van der Waals surface area (Å²) in [5.41, 5.74) is 6.09. The van der Waals surface area contributed by atoms with E-state index in [2.05, 4.69) is 4.76 Å². The van der Waals surface area contributed by atoms with Gasteiger partial charge in [-0.05, 0) is 57.8 Å². The van der Waals surface area contributed by atoms with Crippen molar-refractivity contribution in [3.05, 3.63) is 0 Å². The second-order valence-electron chi connectivity index (χ2n) is 11.7. The monoisotopic (exact) mass is 635 g/mol. The highest BCUT2D eigenvalue weighted by atomic mass is 31.2. The molecule has 3 unspecified atom stereocenters. The van der Waals surface area contributed by atoms with E-state index >= 15 is 0 Å². The van der Waals surface area contributed by atoms with Crippen LogP contribution < -0.4 is 5.73 Å². The molecule has 0 aliphatic heterocycles. The van der Waals surface area contributed by atoms with Gasteiger partial charge in [-0.2, -0.15) is 0 Å². The van der Waals surface area contributed by atoms with Gasteiger partial charge in [0.1, 0.15) is 18.2 Å². The maximum absolute atomic E-state index is 14.2. The first kappa shape index (κ1) is 36.6. The third kappa shape index (κ3) is 12.5. The maximum atomic E-state index is 14.2. The van der Waals surface area contributed by atoms with Gasteiger partial charge >= 0.3 is 26.0 Å². The van der Waals surface area contributed by atoms with Crippen LogP contribution in [0.1, 0.15) is 105 Å². The van der Waals surface area contributed by atoms with Gasteiger partial charge < -0.3 is 34.7 Å². The molecule has 43 heavy (non-hydrogen) atoms. The summed E-state index contributed by atoms with van der Waals surface area (Å²) < 4.78 is 51.2. The smallest absolute Gasteiger partial charge is 0.480 e. The average molecular weight is 636 g/mol. The Labute approximate surface area is 254 Å². The van der Waals surface area contributed by atoms with Gasteiger partial charge in [0.15, 0.2) is 0 Å². The molecule has 0 spiro atoms. The number of likely N-dealkylation sites (N-methyl/N-ethyl adjacent to an activating group) is 1. The van der Waals surface area contributed by atoms with Crippen LogP contribution in [0.3, 0.4) is 0 Å². The number of aliphatic carboxylic acids is 1. The molecule has 248 valence electrons. The topological polar surface area (TPSA) is 186 Å². The lowest BCUT2D eigenvalue weighted by molar-refractivity contribution is -0.141. The average Bonchev–Trinajstić information content (AvgIpc) is 2.93. The first-order valence-corrected chi connectivity index (χ1v) is 16.8. The number of carboxylic acid groups (broad SMARTS) is 1. The highest BCUT2D eigenvalue weighted by Crippen LogP contribution is 2.54. The van der Waals surface area contributed by atoms with Crippen molar-refractivity contribution in [3.63, 3.8) is 0 Å². The van der Waals surface area contributed by atoms with Crippen LogP contribution in [-0.2, 0) is 37.4 Å². The SMILES string of the molecule is CCC(C(=O)O)N(C)C(N)=NP(=O)(OC(OC(=O)OC1CCCCC1)C(C)C)OC(OC(=O)OC1CCCCC1)C(C)C. The molecule has 0 aromatic carbocycles.